The number of hydrogen-bond donors (Lipinski definition) is 1. The molecule has 0 spiro atoms. The van der Waals surface area contributed by atoms with Gasteiger partial charge in [0, 0.05) is 12.3 Å². The minimum atomic E-state index is -0.0599. The zero-order valence-electron chi connectivity index (χ0n) is 14.0. The summed E-state index contributed by atoms with van der Waals surface area (Å²) in [7, 11) is 0. The van der Waals surface area contributed by atoms with E-state index >= 15 is 0 Å². The standard InChI is InChI=1S/C19H20N2O3S/c1-2-23-8-9-24-16-5-3-4-14(10-16)11-19(22)21-15-6-7-17-18(12-15)25-13-20-17/h3-7,10,12-13H,2,8-9,11H2,1H3,(H,21,22). The highest BCUT2D eigenvalue weighted by Gasteiger charge is 2.07. The van der Waals surface area contributed by atoms with Crippen molar-refractivity contribution in [2.45, 2.75) is 13.3 Å². The second-order valence-corrected chi connectivity index (χ2v) is 6.34. The molecule has 1 aromatic heterocycles. The fourth-order valence-electron chi connectivity index (χ4n) is 2.43. The summed E-state index contributed by atoms with van der Waals surface area (Å²) in [6.45, 7) is 3.68. The fraction of sp³-hybridized carbons (Fsp3) is 0.263. The number of thiazole rings is 1. The van der Waals surface area contributed by atoms with Crippen LogP contribution in [-0.2, 0) is 16.0 Å². The van der Waals surface area contributed by atoms with Gasteiger partial charge in [0.25, 0.3) is 0 Å². The van der Waals surface area contributed by atoms with Crippen LogP contribution in [0.25, 0.3) is 10.2 Å². The smallest absolute Gasteiger partial charge is 0.228 e. The number of nitrogens with one attached hydrogen (secondary N) is 1. The average molecular weight is 356 g/mol. The van der Waals surface area contributed by atoms with Crippen molar-refractivity contribution in [3.05, 3.63) is 53.5 Å². The number of ether oxygens (including phenoxy) is 2. The van der Waals surface area contributed by atoms with Crippen molar-refractivity contribution in [1.29, 1.82) is 0 Å². The molecule has 0 saturated heterocycles. The molecular weight excluding hydrogens is 336 g/mol. The molecule has 5 nitrogen and oxygen atoms in total. The molecule has 0 radical (unpaired) electrons. The minimum Gasteiger partial charge on any atom is -0.491 e. The first-order valence-electron chi connectivity index (χ1n) is 8.17. The minimum absolute atomic E-state index is 0.0599. The highest BCUT2D eigenvalue weighted by molar-refractivity contribution is 7.16. The number of rotatable bonds is 8. The largest absolute Gasteiger partial charge is 0.491 e. The first-order valence-corrected chi connectivity index (χ1v) is 9.05. The summed E-state index contributed by atoms with van der Waals surface area (Å²) in [6, 6.07) is 13.3. The second-order valence-electron chi connectivity index (χ2n) is 5.45. The van der Waals surface area contributed by atoms with Crippen molar-refractivity contribution >= 4 is 33.1 Å². The lowest BCUT2D eigenvalue weighted by atomic mass is 10.1. The Morgan fingerprint density at radius 1 is 1.20 bits per heavy atom. The lowest BCUT2D eigenvalue weighted by molar-refractivity contribution is -0.115. The van der Waals surface area contributed by atoms with Gasteiger partial charge in [-0.15, -0.1) is 11.3 Å². The highest BCUT2D eigenvalue weighted by atomic mass is 32.1. The Morgan fingerprint density at radius 3 is 3.00 bits per heavy atom. The van der Waals surface area contributed by atoms with E-state index in [0.717, 1.165) is 27.2 Å². The Kier molecular flexibility index (Phi) is 5.98. The summed E-state index contributed by atoms with van der Waals surface area (Å²) in [4.78, 5) is 16.5. The van der Waals surface area contributed by atoms with Crippen LogP contribution in [0.5, 0.6) is 5.75 Å². The molecule has 3 aromatic rings. The van der Waals surface area contributed by atoms with Crippen LogP contribution >= 0.6 is 11.3 Å². The third-order valence-electron chi connectivity index (χ3n) is 3.58. The quantitative estimate of drug-likeness (QED) is 0.622. The van der Waals surface area contributed by atoms with Crippen molar-refractivity contribution in [2.24, 2.45) is 0 Å². The molecule has 0 saturated carbocycles. The molecule has 0 unspecified atom stereocenters. The van der Waals surface area contributed by atoms with Crippen LogP contribution in [0.2, 0.25) is 0 Å². The highest BCUT2D eigenvalue weighted by Crippen LogP contribution is 2.22. The number of aromatic nitrogens is 1. The third-order valence-corrected chi connectivity index (χ3v) is 4.37. The van der Waals surface area contributed by atoms with Gasteiger partial charge in [-0.25, -0.2) is 4.98 Å². The van der Waals surface area contributed by atoms with Gasteiger partial charge in [0.05, 0.1) is 28.8 Å². The first kappa shape index (κ1) is 17.4. The Labute approximate surface area is 150 Å². The van der Waals surface area contributed by atoms with Crippen LogP contribution in [-0.4, -0.2) is 30.7 Å². The molecule has 0 fully saturated rings. The van der Waals surface area contributed by atoms with Gasteiger partial charge < -0.3 is 14.8 Å². The van der Waals surface area contributed by atoms with Gasteiger partial charge in [0.1, 0.15) is 12.4 Å². The van der Waals surface area contributed by atoms with Gasteiger partial charge in [0.2, 0.25) is 5.91 Å². The summed E-state index contributed by atoms with van der Waals surface area (Å²) < 4.78 is 11.9. The van der Waals surface area contributed by atoms with Gasteiger partial charge in [0.15, 0.2) is 0 Å². The summed E-state index contributed by atoms with van der Waals surface area (Å²) in [6.07, 6.45) is 0.295. The van der Waals surface area contributed by atoms with Crippen molar-refractivity contribution in [1.82, 2.24) is 4.98 Å². The molecule has 1 heterocycles. The zero-order chi connectivity index (χ0) is 17.5. The van der Waals surface area contributed by atoms with Gasteiger partial charge in [-0.1, -0.05) is 12.1 Å². The summed E-state index contributed by atoms with van der Waals surface area (Å²) >= 11 is 1.56. The lowest BCUT2D eigenvalue weighted by Gasteiger charge is -2.09. The van der Waals surface area contributed by atoms with E-state index in [4.69, 9.17) is 9.47 Å². The molecule has 1 amide bonds. The van der Waals surface area contributed by atoms with Crippen LogP contribution in [0.4, 0.5) is 5.69 Å². The predicted octanol–water partition coefficient (Wildman–Crippen LogP) is 3.89. The number of carbonyl (C=O) groups is 1. The summed E-state index contributed by atoms with van der Waals surface area (Å²) in [5.41, 5.74) is 4.43. The molecule has 25 heavy (non-hydrogen) atoms. The zero-order valence-corrected chi connectivity index (χ0v) is 14.8. The van der Waals surface area contributed by atoms with E-state index in [1.807, 2.05) is 49.4 Å². The molecule has 2 aromatic carbocycles. The normalized spacial score (nSPS) is 10.8. The van der Waals surface area contributed by atoms with Crippen molar-refractivity contribution < 1.29 is 14.3 Å². The van der Waals surface area contributed by atoms with E-state index in [0.29, 0.717) is 26.2 Å². The number of benzene rings is 2. The Bertz CT molecular complexity index is 847. The van der Waals surface area contributed by atoms with Gasteiger partial charge in [-0.05, 0) is 42.8 Å². The molecule has 0 aliphatic heterocycles. The molecule has 3 rings (SSSR count). The number of anilines is 1. The number of hydrogen-bond acceptors (Lipinski definition) is 5. The van der Waals surface area contributed by atoms with E-state index in [1.165, 1.54) is 0 Å². The molecule has 0 aliphatic carbocycles. The number of fused-ring (bicyclic) bond motifs is 1. The topological polar surface area (TPSA) is 60.5 Å². The van der Waals surface area contributed by atoms with Crippen LogP contribution in [0.1, 0.15) is 12.5 Å². The Balaban J connectivity index is 1.56. The molecule has 0 atom stereocenters. The van der Waals surface area contributed by atoms with Crippen LogP contribution in [0, 0.1) is 0 Å². The second kappa shape index (κ2) is 8.60. The molecule has 0 aliphatic rings. The number of nitrogens with zero attached hydrogens (tertiary/aromatic N) is 1. The first-order chi connectivity index (χ1) is 12.2. The van der Waals surface area contributed by atoms with Crippen molar-refractivity contribution in [3.63, 3.8) is 0 Å². The van der Waals surface area contributed by atoms with Gasteiger partial charge >= 0.3 is 0 Å². The van der Waals surface area contributed by atoms with Crippen LogP contribution < -0.4 is 10.1 Å². The van der Waals surface area contributed by atoms with E-state index in [9.17, 15) is 4.79 Å². The van der Waals surface area contributed by atoms with Crippen LogP contribution in [0.3, 0.4) is 0 Å². The van der Waals surface area contributed by atoms with Crippen LogP contribution in [0.15, 0.2) is 48.0 Å². The van der Waals surface area contributed by atoms with Crippen molar-refractivity contribution in [2.75, 3.05) is 25.1 Å². The lowest BCUT2D eigenvalue weighted by Crippen LogP contribution is -2.14. The molecule has 6 heteroatoms. The Morgan fingerprint density at radius 2 is 2.12 bits per heavy atom. The third kappa shape index (κ3) is 5.01. The van der Waals surface area contributed by atoms with E-state index in [-0.39, 0.29) is 5.91 Å². The van der Waals surface area contributed by atoms with Gasteiger partial charge in [-0.3, -0.25) is 4.79 Å². The summed E-state index contributed by atoms with van der Waals surface area (Å²) in [5, 5.41) is 2.93. The molecule has 130 valence electrons. The molecule has 1 N–H and O–H groups in total. The monoisotopic (exact) mass is 356 g/mol. The maximum atomic E-state index is 12.3. The molecule has 0 bridgehead atoms. The predicted molar refractivity (Wildman–Crippen MR) is 100 cm³/mol. The molecular formula is C19H20N2O3S. The Hall–Kier alpha value is -2.44. The van der Waals surface area contributed by atoms with E-state index in [1.54, 1.807) is 16.8 Å². The van der Waals surface area contributed by atoms with E-state index in [2.05, 4.69) is 10.3 Å². The van der Waals surface area contributed by atoms with Gasteiger partial charge in [-0.2, -0.15) is 0 Å². The fourth-order valence-corrected chi connectivity index (χ4v) is 3.15. The number of amides is 1. The number of carbonyl (C=O) groups excluding carboxylic acids is 1. The maximum absolute atomic E-state index is 12.3. The van der Waals surface area contributed by atoms with Crippen molar-refractivity contribution in [3.8, 4) is 5.75 Å². The summed E-state index contributed by atoms with van der Waals surface area (Å²) in [5.74, 6) is 0.686. The maximum Gasteiger partial charge on any atom is 0.228 e. The SMILES string of the molecule is CCOCCOc1cccc(CC(=O)Nc2ccc3ncsc3c2)c1. The average Bonchev–Trinajstić information content (AvgIpc) is 3.07. The van der Waals surface area contributed by atoms with E-state index < -0.39 is 0 Å².